The molecule has 1 fully saturated rings. The lowest BCUT2D eigenvalue weighted by Gasteiger charge is -2.27. The number of hydrogen-bond donors (Lipinski definition) is 1. The highest BCUT2D eigenvalue weighted by Crippen LogP contribution is 2.42. The first-order chi connectivity index (χ1) is 14.4. The Labute approximate surface area is 176 Å². The van der Waals surface area contributed by atoms with Crippen LogP contribution in [-0.4, -0.2) is 68.0 Å². The molecule has 1 aliphatic rings. The number of likely N-dealkylation sites (tertiary alicyclic amines) is 1. The van der Waals surface area contributed by atoms with E-state index in [1.807, 2.05) is 31.1 Å². The summed E-state index contributed by atoms with van der Waals surface area (Å²) < 4.78 is 10.7. The highest BCUT2D eigenvalue weighted by Gasteiger charge is 2.46. The van der Waals surface area contributed by atoms with E-state index in [-0.39, 0.29) is 11.3 Å². The maximum atomic E-state index is 13.0. The minimum absolute atomic E-state index is 0.0384. The van der Waals surface area contributed by atoms with Gasteiger partial charge in [0, 0.05) is 24.2 Å². The number of benzene rings is 2. The van der Waals surface area contributed by atoms with Crippen LogP contribution >= 0.6 is 0 Å². The Hall–Kier alpha value is -3.32. The van der Waals surface area contributed by atoms with Crippen molar-refractivity contribution in [2.75, 3.05) is 41.4 Å². The first kappa shape index (κ1) is 21.4. The van der Waals surface area contributed by atoms with Gasteiger partial charge in [0.05, 0.1) is 25.8 Å². The molecule has 0 saturated carbocycles. The molecular formula is C23H26N2O5. The minimum Gasteiger partial charge on any atom is -0.507 e. The molecule has 7 heteroatoms. The number of hydrogen-bond acceptors (Lipinski definition) is 6. The number of ether oxygens (including phenoxy) is 2. The third kappa shape index (κ3) is 4.02. The Bertz CT molecular complexity index is 983. The molecule has 3 rings (SSSR count). The standard InChI is InChI=1S/C23H26N2O5/c1-24(2)12-13-25-20(17-10-5-6-11-18(17)30-4)19(22(27)23(25)28)21(26)15-8-7-9-16(14-15)29-3/h5-11,14,20,26H,12-13H2,1-4H3/b21-19+/t20-/m1/s1. The number of carbonyl (C=O) groups is 2. The molecule has 1 amide bonds. The van der Waals surface area contributed by atoms with E-state index < -0.39 is 17.7 Å². The number of carbonyl (C=O) groups excluding carboxylic acids is 2. The smallest absolute Gasteiger partial charge is 0.295 e. The van der Waals surface area contributed by atoms with Gasteiger partial charge < -0.3 is 24.4 Å². The number of ketones is 1. The molecule has 1 atom stereocenters. The van der Waals surface area contributed by atoms with Crippen LogP contribution in [0.25, 0.3) is 5.76 Å². The number of nitrogens with zero attached hydrogens (tertiary/aromatic N) is 2. The molecule has 0 spiro atoms. The molecule has 0 bridgehead atoms. The van der Waals surface area contributed by atoms with Gasteiger partial charge in [0.2, 0.25) is 0 Å². The number of likely N-dealkylation sites (N-methyl/N-ethyl adjacent to an activating group) is 1. The largest absolute Gasteiger partial charge is 0.507 e. The zero-order valence-corrected chi connectivity index (χ0v) is 17.6. The van der Waals surface area contributed by atoms with Crippen molar-refractivity contribution in [3.8, 4) is 11.5 Å². The molecule has 0 aliphatic carbocycles. The van der Waals surface area contributed by atoms with Crippen molar-refractivity contribution in [2.24, 2.45) is 0 Å². The topological polar surface area (TPSA) is 79.3 Å². The van der Waals surface area contributed by atoms with E-state index in [0.717, 1.165) is 0 Å². The number of para-hydroxylation sites is 1. The van der Waals surface area contributed by atoms with Gasteiger partial charge in [0.25, 0.3) is 11.7 Å². The van der Waals surface area contributed by atoms with Gasteiger partial charge in [-0.3, -0.25) is 9.59 Å². The van der Waals surface area contributed by atoms with E-state index in [2.05, 4.69) is 0 Å². The average molecular weight is 410 g/mol. The SMILES string of the molecule is COc1cccc(/C(O)=C2\C(=O)C(=O)N(CCN(C)C)[C@@H]2c2ccccc2OC)c1. The second-order valence-electron chi connectivity index (χ2n) is 7.27. The zero-order valence-electron chi connectivity index (χ0n) is 17.6. The number of methoxy groups -OCH3 is 2. The molecule has 2 aromatic carbocycles. The maximum absolute atomic E-state index is 13.0. The van der Waals surface area contributed by atoms with E-state index in [9.17, 15) is 14.7 Å². The minimum atomic E-state index is -0.757. The summed E-state index contributed by atoms with van der Waals surface area (Å²) in [4.78, 5) is 29.4. The summed E-state index contributed by atoms with van der Waals surface area (Å²) in [5.74, 6) is -0.525. The molecule has 1 heterocycles. The maximum Gasteiger partial charge on any atom is 0.295 e. The van der Waals surface area contributed by atoms with Crippen molar-refractivity contribution in [1.82, 2.24) is 9.80 Å². The quantitative estimate of drug-likeness (QED) is 0.430. The van der Waals surface area contributed by atoms with E-state index in [4.69, 9.17) is 9.47 Å². The van der Waals surface area contributed by atoms with Crippen LogP contribution in [0.5, 0.6) is 11.5 Å². The van der Waals surface area contributed by atoms with Crippen LogP contribution < -0.4 is 9.47 Å². The molecule has 0 aromatic heterocycles. The summed E-state index contributed by atoms with van der Waals surface area (Å²) in [5, 5.41) is 11.1. The van der Waals surface area contributed by atoms with Crippen molar-refractivity contribution >= 4 is 17.4 Å². The molecule has 1 saturated heterocycles. The predicted molar refractivity (Wildman–Crippen MR) is 114 cm³/mol. The lowest BCUT2D eigenvalue weighted by atomic mass is 9.94. The van der Waals surface area contributed by atoms with Crippen LogP contribution in [0.4, 0.5) is 0 Å². The Morgan fingerprint density at radius 2 is 1.80 bits per heavy atom. The van der Waals surface area contributed by atoms with Crippen molar-refractivity contribution in [3.05, 3.63) is 65.2 Å². The predicted octanol–water partition coefficient (Wildman–Crippen LogP) is 2.69. The first-order valence-electron chi connectivity index (χ1n) is 9.59. The molecule has 1 aliphatic heterocycles. The van der Waals surface area contributed by atoms with Crippen molar-refractivity contribution in [3.63, 3.8) is 0 Å². The highest BCUT2D eigenvalue weighted by molar-refractivity contribution is 6.46. The summed E-state index contributed by atoms with van der Waals surface area (Å²) in [6, 6.07) is 13.2. The first-order valence-corrected chi connectivity index (χ1v) is 9.59. The summed E-state index contributed by atoms with van der Waals surface area (Å²) in [5.41, 5.74) is 1.08. The van der Waals surface area contributed by atoms with Gasteiger partial charge in [0.1, 0.15) is 17.3 Å². The lowest BCUT2D eigenvalue weighted by molar-refractivity contribution is -0.140. The average Bonchev–Trinajstić information content (AvgIpc) is 3.01. The van der Waals surface area contributed by atoms with Crippen molar-refractivity contribution in [2.45, 2.75) is 6.04 Å². The third-order valence-electron chi connectivity index (χ3n) is 5.10. The molecule has 0 radical (unpaired) electrons. The Balaban J connectivity index is 2.20. The molecule has 30 heavy (non-hydrogen) atoms. The van der Waals surface area contributed by atoms with Crippen molar-refractivity contribution in [1.29, 1.82) is 0 Å². The lowest BCUT2D eigenvalue weighted by Crippen LogP contribution is -2.35. The van der Waals surface area contributed by atoms with Crippen LogP contribution in [0.15, 0.2) is 54.1 Å². The second-order valence-corrected chi connectivity index (χ2v) is 7.27. The molecule has 7 nitrogen and oxygen atoms in total. The fourth-order valence-corrected chi connectivity index (χ4v) is 3.56. The van der Waals surface area contributed by atoms with Crippen LogP contribution in [0, 0.1) is 0 Å². The van der Waals surface area contributed by atoms with Gasteiger partial charge in [0.15, 0.2) is 0 Å². The van der Waals surface area contributed by atoms with Crippen LogP contribution in [0.1, 0.15) is 17.2 Å². The van der Waals surface area contributed by atoms with Gasteiger partial charge >= 0.3 is 0 Å². The summed E-state index contributed by atoms with van der Waals surface area (Å²) in [7, 11) is 6.84. The van der Waals surface area contributed by atoms with Crippen molar-refractivity contribution < 1.29 is 24.2 Å². The summed E-state index contributed by atoms with van der Waals surface area (Å²) in [6.07, 6.45) is 0. The molecule has 2 aromatic rings. The molecule has 1 N–H and O–H groups in total. The number of aliphatic hydroxyl groups excluding tert-OH is 1. The molecular weight excluding hydrogens is 384 g/mol. The van der Waals surface area contributed by atoms with E-state index in [1.165, 1.54) is 19.1 Å². The number of rotatable bonds is 7. The molecule has 158 valence electrons. The van der Waals surface area contributed by atoms with Gasteiger partial charge in [-0.2, -0.15) is 0 Å². The number of aliphatic hydroxyl groups is 1. The van der Waals surface area contributed by atoms with E-state index >= 15 is 0 Å². The zero-order chi connectivity index (χ0) is 21.8. The normalized spacial score (nSPS) is 18.2. The number of amides is 1. The van der Waals surface area contributed by atoms with E-state index in [1.54, 1.807) is 36.4 Å². The fraction of sp³-hybridized carbons (Fsp3) is 0.304. The highest BCUT2D eigenvalue weighted by atomic mass is 16.5. The monoisotopic (exact) mass is 410 g/mol. The van der Waals surface area contributed by atoms with Gasteiger partial charge in [-0.05, 0) is 32.3 Å². The van der Waals surface area contributed by atoms with Gasteiger partial charge in [-0.1, -0.05) is 30.3 Å². The number of Topliss-reactive ketones (excluding diaryl/α,β-unsaturated/α-hetero) is 1. The van der Waals surface area contributed by atoms with Crippen LogP contribution in [0.3, 0.4) is 0 Å². The van der Waals surface area contributed by atoms with E-state index in [0.29, 0.717) is 35.7 Å². The Kier molecular flexibility index (Phi) is 6.42. The summed E-state index contributed by atoms with van der Waals surface area (Å²) >= 11 is 0. The molecule has 0 unspecified atom stereocenters. The fourth-order valence-electron chi connectivity index (χ4n) is 3.56. The van der Waals surface area contributed by atoms with Crippen LogP contribution in [0.2, 0.25) is 0 Å². The Morgan fingerprint density at radius 3 is 2.47 bits per heavy atom. The third-order valence-corrected chi connectivity index (χ3v) is 5.10. The Morgan fingerprint density at radius 1 is 1.07 bits per heavy atom. The van der Waals surface area contributed by atoms with Crippen LogP contribution in [-0.2, 0) is 9.59 Å². The summed E-state index contributed by atoms with van der Waals surface area (Å²) in [6.45, 7) is 0.896. The van der Waals surface area contributed by atoms with Gasteiger partial charge in [-0.15, -0.1) is 0 Å². The van der Waals surface area contributed by atoms with Gasteiger partial charge in [-0.25, -0.2) is 0 Å². The second kappa shape index (κ2) is 9.00.